The summed E-state index contributed by atoms with van der Waals surface area (Å²) in [5.41, 5.74) is 7.18. The Kier molecular flexibility index (Phi) is 2.89. The lowest BCUT2D eigenvalue weighted by Gasteiger charge is -2.25. The van der Waals surface area contributed by atoms with Crippen molar-refractivity contribution in [2.75, 3.05) is 7.11 Å². The maximum Gasteiger partial charge on any atom is 0.128 e. The lowest BCUT2D eigenvalue weighted by molar-refractivity contribution is 0.397. The molecule has 16 heavy (non-hydrogen) atoms. The molecule has 0 heterocycles. The van der Waals surface area contributed by atoms with E-state index in [1.165, 1.54) is 6.07 Å². The Bertz CT molecular complexity index is 397. The molecule has 0 amide bonds. The first-order chi connectivity index (χ1) is 7.57. The molecule has 2 N–H and O–H groups in total. The van der Waals surface area contributed by atoms with Crippen molar-refractivity contribution in [1.82, 2.24) is 0 Å². The molecular formula is C13H18FNO. The van der Waals surface area contributed by atoms with Crippen LogP contribution in [0, 0.1) is 12.7 Å². The Labute approximate surface area is 95.6 Å². The number of benzene rings is 1. The second-order valence-corrected chi connectivity index (χ2v) is 4.66. The summed E-state index contributed by atoms with van der Waals surface area (Å²) in [5, 5.41) is 0. The summed E-state index contributed by atoms with van der Waals surface area (Å²) in [4.78, 5) is 0. The molecule has 1 aliphatic rings. The van der Waals surface area contributed by atoms with E-state index in [0.29, 0.717) is 11.3 Å². The van der Waals surface area contributed by atoms with Crippen molar-refractivity contribution in [3.63, 3.8) is 0 Å². The molecule has 2 nitrogen and oxygen atoms in total. The quantitative estimate of drug-likeness (QED) is 0.836. The highest BCUT2D eigenvalue weighted by Crippen LogP contribution is 2.39. The average Bonchev–Trinajstić information content (AvgIpc) is 2.66. The summed E-state index contributed by atoms with van der Waals surface area (Å²) in [7, 11) is 1.60. The van der Waals surface area contributed by atoms with Crippen molar-refractivity contribution >= 4 is 0 Å². The first-order valence-corrected chi connectivity index (χ1v) is 5.70. The fourth-order valence-electron chi connectivity index (χ4n) is 2.53. The number of halogens is 1. The van der Waals surface area contributed by atoms with Crippen LogP contribution in [0.5, 0.6) is 5.75 Å². The van der Waals surface area contributed by atoms with Gasteiger partial charge in [0.1, 0.15) is 11.6 Å². The van der Waals surface area contributed by atoms with Crippen LogP contribution in [0.25, 0.3) is 0 Å². The van der Waals surface area contributed by atoms with Crippen LogP contribution in [0.1, 0.15) is 36.8 Å². The van der Waals surface area contributed by atoms with Gasteiger partial charge >= 0.3 is 0 Å². The molecule has 1 saturated carbocycles. The molecule has 0 atom stereocenters. The van der Waals surface area contributed by atoms with E-state index in [2.05, 4.69) is 0 Å². The molecule has 1 aromatic rings. The van der Waals surface area contributed by atoms with E-state index in [-0.39, 0.29) is 5.82 Å². The van der Waals surface area contributed by atoms with Gasteiger partial charge in [0.15, 0.2) is 0 Å². The lowest BCUT2D eigenvalue weighted by atomic mass is 9.88. The zero-order valence-corrected chi connectivity index (χ0v) is 9.85. The SMILES string of the molecule is COc1cc(C2(N)CCCC2)c(F)cc1C. The van der Waals surface area contributed by atoms with Gasteiger partial charge in [-0.05, 0) is 37.5 Å². The van der Waals surface area contributed by atoms with Gasteiger partial charge < -0.3 is 10.5 Å². The van der Waals surface area contributed by atoms with Crippen molar-refractivity contribution < 1.29 is 9.13 Å². The summed E-state index contributed by atoms with van der Waals surface area (Å²) >= 11 is 0. The summed E-state index contributed by atoms with van der Waals surface area (Å²) < 4.78 is 19.2. The van der Waals surface area contributed by atoms with Gasteiger partial charge in [0.25, 0.3) is 0 Å². The molecule has 0 saturated heterocycles. The Morgan fingerprint density at radius 3 is 2.50 bits per heavy atom. The molecule has 0 aromatic heterocycles. The van der Waals surface area contributed by atoms with Crippen LogP contribution in [0.2, 0.25) is 0 Å². The Morgan fingerprint density at radius 2 is 1.94 bits per heavy atom. The third kappa shape index (κ3) is 1.80. The standard InChI is InChI=1S/C13H18FNO/c1-9-7-11(14)10(8-12(9)16-2)13(15)5-3-4-6-13/h7-8H,3-6,15H2,1-2H3. The van der Waals surface area contributed by atoms with Gasteiger partial charge in [-0.15, -0.1) is 0 Å². The number of ether oxygens (including phenoxy) is 1. The highest BCUT2D eigenvalue weighted by Gasteiger charge is 2.34. The number of hydrogen-bond donors (Lipinski definition) is 1. The van der Waals surface area contributed by atoms with Gasteiger partial charge in [0.2, 0.25) is 0 Å². The number of nitrogens with two attached hydrogens (primary N) is 1. The first-order valence-electron chi connectivity index (χ1n) is 5.70. The van der Waals surface area contributed by atoms with Crippen LogP contribution in [0.4, 0.5) is 4.39 Å². The third-order valence-corrected chi connectivity index (χ3v) is 3.52. The minimum Gasteiger partial charge on any atom is -0.496 e. The van der Waals surface area contributed by atoms with E-state index < -0.39 is 5.54 Å². The second kappa shape index (κ2) is 4.06. The maximum absolute atomic E-state index is 13.9. The molecular weight excluding hydrogens is 205 g/mol. The third-order valence-electron chi connectivity index (χ3n) is 3.52. The second-order valence-electron chi connectivity index (χ2n) is 4.66. The highest BCUT2D eigenvalue weighted by molar-refractivity contribution is 5.41. The summed E-state index contributed by atoms with van der Waals surface area (Å²) in [6.45, 7) is 1.84. The summed E-state index contributed by atoms with van der Waals surface area (Å²) in [6.07, 6.45) is 3.87. The molecule has 1 fully saturated rings. The van der Waals surface area contributed by atoms with E-state index in [1.807, 2.05) is 6.92 Å². The zero-order chi connectivity index (χ0) is 11.8. The van der Waals surface area contributed by atoms with Crippen molar-refractivity contribution in [3.05, 3.63) is 29.1 Å². The van der Waals surface area contributed by atoms with Crippen molar-refractivity contribution in [3.8, 4) is 5.75 Å². The fraction of sp³-hybridized carbons (Fsp3) is 0.538. The van der Waals surface area contributed by atoms with Crippen molar-refractivity contribution in [1.29, 1.82) is 0 Å². The molecule has 0 spiro atoms. The summed E-state index contributed by atoms with van der Waals surface area (Å²) in [5.74, 6) is 0.510. The van der Waals surface area contributed by atoms with Crippen molar-refractivity contribution in [2.24, 2.45) is 5.73 Å². The normalized spacial score (nSPS) is 18.8. The van der Waals surface area contributed by atoms with Crippen molar-refractivity contribution in [2.45, 2.75) is 38.1 Å². The van der Waals surface area contributed by atoms with Crippen LogP contribution >= 0.6 is 0 Å². The molecule has 3 heteroatoms. The molecule has 0 aliphatic heterocycles. The minimum atomic E-state index is -0.495. The molecule has 2 rings (SSSR count). The number of aryl methyl sites for hydroxylation is 1. The lowest BCUT2D eigenvalue weighted by Crippen LogP contribution is -2.34. The largest absolute Gasteiger partial charge is 0.496 e. The van der Waals surface area contributed by atoms with Gasteiger partial charge in [-0.1, -0.05) is 12.8 Å². The molecule has 88 valence electrons. The van der Waals surface area contributed by atoms with E-state index in [1.54, 1.807) is 13.2 Å². The Balaban J connectivity index is 2.47. The predicted octanol–water partition coefficient (Wildman–Crippen LogP) is 2.87. The van der Waals surface area contributed by atoms with Gasteiger partial charge in [-0.3, -0.25) is 0 Å². The van der Waals surface area contributed by atoms with Crippen LogP contribution in [0.3, 0.4) is 0 Å². The van der Waals surface area contributed by atoms with E-state index >= 15 is 0 Å². The zero-order valence-electron chi connectivity index (χ0n) is 9.85. The van der Waals surface area contributed by atoms with Crippen LogP contribution in [-0.4, -0.2) is 7.11 Å². The number of rotatable bonds is 2. The van der Waals surface area contributed by atoms with Gasteiger partial charge in [0.05, 0.1) is 7.11 Å². The smallest absolute Gasteiger partial charge is 0.128 e. The molecule has 0 unspecified atom stereocenters. The van der Waals surface area contributed by atoms with Gasteiger partial charge in [-0.2, -0.15) is 0 Å². The Morgan fingerprint density at radius 1 is 1.31 bits per heavy atom. The van der Waals surface area contributed by atoms with Crippen LogP contribution in [0.15, 0.2) is 12.1 Å². The highest BCUT2D eigenvalue weighted by atomic mass is 19.1. The number of hydrogen-bond acceptors (Lipinski definition) is 2. The average molecular weight is 223 g/mol. The molecule has 1 aliphatic carbocycles. The monoisotopic (exact) mass is 223 g/mol. The van der Waals surface area contributed by atoms with Gasteiger partial charge in [-0.25, -0.2) is 4.39 Å². The van der Waals surface area contributed by atoms with E-state index in [4.69, 9.17) is 10.5 Å². The maximum atomic E-state index is 13.9. The van der Waals surface area contributed by atoms with E-state index in [0.717, 1.165) is 31.2 Å². The molecule has 1 aromatic carbocycles. The van der Waals surface area contributed by atoms with Gasteiger partial charge in [0, 0.05) is 11.1 Å². The fourth-order valence-corrected chi connectivity index (χ4v) is 2.53. The molecule has 0 radical (unpaired) electrons. The summed E-state index contributed by atoms with van der Waals surface area (Å²) in [6, 6.07) is 3.27. The van der Waals surface area contributed by atoms with Crippen LogP contribution < -0.4 is 10.5 Å². The Hall–Kier alpha value is -1.09. The first kappa shape index (κ1) is 11.4. The number of methoxy groups -OCH3 is 1. The topological polar surface area (TPSA) is 35.2 Å². The minimum absolute atomic E-state index is 0.206. The molecule has 0 bridgehead atoms. The predicted molar refractivity (Wildman–Crippen MR) is 62.0 cm³/mol. The van der Waals surface area contributed by atoms with Crippen LogP contribution in [-0.2, 0) is 5.54 Å². The van der Waals surface area contributed by atoms with E-state index in [9.17, 15) is 4.39 Å².